The van der Waals surface area contributed by atoms with Crippen molar-refractivity contribution in [3.63, 3.8) is 0 Å². The van der Waals surface area contributed by atoms with Crippen LogP contribution in [-0.4, -0.2) is 17.7 Å². The maximum atomic E-state index is 10.1. The van der Waals surface area contributed by atoms with Gasteiger partial charge in [0, 0.05) is 12.4 Å². The summed E-state index contributed by atoms with van der Waals surface area (Å²) in [5, 5.41) is 19.3. The fourth-order valence-corrected chi connectivity index (χ4v) is 0.318. The Balaban J connectivity index is 0. The Morgan fingerprint density at radius 1 is 1.00 bits per heavy atom. The highest BCUT2D eigenvalue weighted by molar-refractivity contribution is 6.31. The van der Waals surface area contributed by atoms with Crippen molar-refractivity contribution in [3.05, 3.63) is 0 Å². The van der Waals surface area contributed by atoms with E-state index in [9.17, 15) is 24.6 Å². The Kier molecular flexibility index (Phi) is 5.98. The lowest BCUT2D eigenvalue weighted by Crippen LogP contribution is -2.33. The largest absolute Gasteiger partial charge is 2.00 e. The van der Waals surface area contributed by atoms with Crippen LogP contribution in [0.3, 0.4) is 0 Å². The van der Waals surface area contributed by atoms with Crippen LogP contribution in [0.1, 0.15) is 12.8 Å². The fraction of sp³-hybridized carbons (Fsp3) is 0.400. The number of carbonyl (C=O) groups excluding carboxylic acids is 3. The molecule has 0 saturated carbocycles. The van der Waals surface area contributed by atoms with Gasteiger partial charge in [0.2, 0.25) is 0 Å². The first kappa shape index (κ1) is 12.3. The minimum atomic E-state index is -1.86. The predicted octanol–water partition coefficient (Wildman–Crippen LogP) is -3.28. The number of carboxylic acids is 2. The van der Waals surface area contributed by atoms with E-state index in [1.54, 1.807) is 0 Å². The molecule has 0 unspecified atom stereocenters. The molecule has 0 aromatic heterocycles. The Labute approximate surface area is 61.8 Å². The van der Waals surface area contributed by atoms with Crippen LogP contribution in [0.4, 0.5) is 0 Å². The van der Waals surface area contributed by atoms with Crippen LogP contribution in [0.5, 0.6) is 0 Å². The normalized spacial score (nSPS) is 8.00. The molecule has 0 bridgehead atoms. The molecule has 11 heavy (non-hydrogen) atoms. The average molecular weight is 160 g/mol. The molecule has 0 aliphatic rings. The van der Waals surface area contributed by atoms with Gasteiger partial charge in [0.1, 0.15) is 5.97 Å². The molecular weight excluding hydrogens is 156 g/mol. The maximum Gasteiger partial charge on any atom is 2.00 e. The lowest BCUT2D eigenvalue weighted by molar-refractivity contribution is -0.306. The average Bonchev–Trinajstić information content (AvgIpc) is 1.82. The molecule has 4 radical (unpaired) electrons. The standard InChI is InChI=1S/C5H6O5.O/c6-3(5(9)10)1-2-4(7)8;/h1-2H2,(H,7,8)(H,9,10);/q;+2/p-2. The van der Waals surface area contributed by atoms with Crippen LogP contribution in [0.15, 0.2) is 0 Å². The second kappa shape index (κ2) is 5.36. The lowest BCUT2D eigenvalue weighted by atomic mass is 10.2. The Morgan fingerprint density at radius 3 is 1.73 bits per heavy atom. The van der Waals surface area contributed by atoms with Gasteiger partial charge in [0.05, 0.1) is 0 Å². The van der Waals surface area contributed by atoms with E-state index < -0.39 is 30.6 Å². The van der Waals surface area contributed by atoms with Gasteiger partial charge in [-0.1, -0.05) is 0 Å². The number of aliphatic carboxylic acids is 2. The molecule has 0 N–H and O–H groups in total. The minimum absolute atomic E-state index is 0. The molecule has 0 saturated heterocycles. The summed E-state index contributed by atoms with van der Waals surface area (Å²) < 4.78 is 0. The molecule has 6 heteroatoms. The van der Waals surface area contributed by atoms with Crippen LogP contribution in [0, 0.1) is 0 Å². The number of ketones is 1. The summed E-state index contributed by atoms with van der Waals surface area (Å²) in [6.45, 7) is 0. The first-order chi connectivity index (χ1) is 4.54. The third kappa shape index (κ3) is 6.46. The first-order valence-corrected chi connectivity index (χ1v) is 2.48. The number of Topliss-reactive ketones (excluding diaryl/α,β-unsaturated/α-hetero) is 1. The summed E-state index contributed by atoms with van der Waals surface area (Å²) in [4.78, 5) is 29.4. The van der Waals surface area contributed by atoms with Crippen molar-refractivity contribution in [3.8, 4) is 0 Å². The van der Waals surface area contributed by atoms with Crippen molar-refractivity contribution in [1.29, 1.82) is 0 Å². The highest BCUT2D eigenvalue weighted by Crippen LogP contribution is 1.87. The zero-order chi connectivity index (χ0) is 8.15. The quantitative estimate of drug-likeness (QED) is 0.398. The second-order valence-electron chi connectivity index (χ2n) is 1.58. The van der Waals surface area contributed by atoms with Crippen molar-refractivity contribution >= 4 is 17.7 Å². The molecule has 0 fully saturated rings. The number of rotatable bonds is 4. The predicted molar refractivity (Wildman–Crippen MR) is 24.9 cm³/mol. The van der Waals surface area contributed by atoms with E-state index in [2.05, 4.69) is 0 Å². The highest BCUT2D eigenvalue weighted by Gasteiger charge is 2.01. The molecule has 0 aromatic rings. The number of carbonyl (C=O) groups is 3. The SMILES string of the molecule is O=C([O-])CCC(=O)C(=O)[O-].[O+2]. The molecule has 0 spiro atoms. The van der Waals surface area contributed by atoms with Gasteiger partial charge < -0.3 is 19.8 Å². The van der Waals surface area contributed by atoms with Gasteiger partial charge in [-0.3, -0.25) is 4.79 Å². The highest BCUT2D eigenvalue weighted by atomic mass is 16.4. The maximum absolute atomic E-state index is 10.1. The van der Waals surface area contributed by atoms with Crippen molar-refractivity contribution in [2.45, 2.75) is 12.8 Å². The molecule has 60 valence electrons. The monoisotopic (exact) mass is 160 g/mol. The van der Waals surface area contributed by atoms with Crippen molar-refractivity contribution in [2.24, 2.45) is 0 Å². The molecular formula is C5H4O6. The lowest BCUT2D eigenvalue weighted by Gasteiger charge is -2.00. The van der Waals surface area contributed by atoms with Crippen molar-refractivity contribution in [1.82, 2.24) is 0 Å². The number of hydrogen-bond acceptors (Lipinski definition) is 5. The molecule has 0 aromatic carbocycles. The van der Waals surface area contributed by atoms with Gasteiger partial charge >= 0.3 is 5.48 Å². The summed E-state index contributed by atoms with van der Waals surface area (Å²) in [5.74, 6) is -4.53. The van der Waals surface area contributed by atoms with Crippen molar-refractivity contribution < 1.29 is 30.1 Å². The van der Waals surface area contributed by atoms with E-state index in [-0.39, 0.29) is 5.48 Å². The van der Waals surface area contributed by atoms with E-state index in [0.717, 1.165) is 0 Å². The zero-order valence-electron chi connectivity index (χ0n) is 5.36. The van der Waals surface area contributed by atoms with Gasteiger partial charge in [-0.05, 0) is 6.42 Å². The smallest absolute Gasteiger partial charge is 0.550 e. The van der Waals surface area contributed by atoms with Gasteiger partial charge in [0.15, 0.2) is 5.78 Å². The molecule has 6 nitrogen and oxygen atoms in total. The van der Waals surface area contributed by atoms with E-state index in [4.69, 9.17) is 0 Å². The van der Waals surface area contributed by atoms with E-state index in [0.29, 0.717) is 0 Å². The van der Waals surface area contributed by atoms with Crippen LogP contribution < -0.4 is 10.2 Å². The molecule has 0 aliphatic heterocycles. The number of carboxylic acid groups (broad SMARTS) is 2. The summed E-state index contributed by atoms with van der Waals surface area (Å²) in [7, 11) is 0. The third-order valence-corrected chi connectivity index (χ3v) is 0.784. The third-order valence-electron chi connectivity index (χ3n) is 0.784. The summed E-state index contributed by atoms with van der Waals surface area (Å²) in [6, 6.07) is 0. The minimum Gasteiger partial charge on any atom is -0.550 e. The first-order valence-electron chi connectivity index (χ1n) is 2.48. The van der Waals surface area contributed by atoms with E-state index >= 15 is 0 Å². The van der Waals surface area contributed by atoms with E-state index in [1.165, 1.54) is 0 Å². The van der Waals surface area contributed by atoms with Crippen LogP contribution in [0.25, 0.3) is 0 Å². The summed E-state index contributed by atoms with van der Waals surface area (Å²) in [6.07, 6.45) is -1.14. The molecule has 0 atom stereocenters. The van der Waals surface area contributed by atoms with Gasteiger partial charge in [-0.15, -0.1) is 0 Å². The van der Waals surface area contributed by atoms with Gasteiger partial charge in [-0.25, -0.2) is 0 Å². The van der Waals surface area contributed by atoms with Crippen LogP contribution >= 0.6 is 0 Å². The summed E-state index contributed by atoms with van der Waals surface area (Å²) in [5.41, 5.74) is 0. The Morgan fingerprint density at radius 2 is 1.45 bits per heavy atom. The van der Waals surface area contributed by atoms with Crippen LogP contribution in [0.2, 0.25) is 0 Å². The van der Waals surface area contributed by atoms with Gasteiger partial charge in [0.25, 0.3) is 0 Å². The molecule has 0 heterocycles. The molecule has 0 amide bonds. The van der Waals surface area contributed by atoms with Gasteiger partial charge in [-0.2, -0.15) is 0 Å². The molecule has 0 rings (SSSR count). The Bertz CT molecular complexity index is 172. The zero-order valence-corrected chi connectivity index (χ0v) is 5.36. The fourth-order valence-electron chi connectivity index (χ4n) is 0.318. The van der Waals surface area contributed by atoms with Crippen LogP contribution in [-0.2, 0) is 19.9 Å². The van der Waals surface area contributed by atoms with Crippen molar-refractivity contribution in [2.75, 3.05) is 0 Å². The molecule has 0 aliphatic carbocycles. The van der Waals surface area contributed by atoms with E-state index in [1.807, 2.05) is 0 Å². The Hall–Kier alpha value is -1.43. The second-order valence-corrected chi connectivity index (χ2v) is 1.58. The summed E-state index contributed by atoms with van der Waals surface area (Å²) >= 11 is 0. The topological polar surface area (TPSA) is 126 Å². The number of hydrogen-bond donors (Lipinski definition) is 0.